The van der Waals surface area contributed by atoms with Crippen LogP contribution in [0.5, 0.6) is 0 Å². The lowest BCUT2D eigenvalue weighted by Crippen LogP contribution is -2.36. The summed E-state index contributed by atoms with van der Waals surface area (Å²) in [6, 6.07) is 23.9. The molecule has 2 aromatic carbocycles. The number of carbonyl (C=O) groups is 3. The number of ether oxygens (including phenoxy) is 1. The van der Waals surface area contributed by atoms with Crippen LogP contribution in [0.2, 0.25) is 0 Å². The summed E-state index contributed by atoms with van der Waals surface area (Å²) >= 11 is 0. The maximum absolute atomic E-state index is 13.4. The van der Waals surface area contributed by atoms with E-state index in [0.29, 0.717) is 16.9 Å². The van der Waals surface area contributed by atoms with Gasteiger partial charge in [-0.3, -0.25) is 9.59 Å². The third-order valence-corrected chi connectivity index (χ3v) is 6.37. The van der Waals surface area contributed by atoms with Crippen LogP contribution in [0.3, 0.4) is 0 Å². The highest BCUT2D eigenvalue weighted by Crippen LogP contribution is 2.30. The van der Waals surface area contributed by atoms with Gasteiger partial charge in [-0.25, -0.2) is 4.79 Å². The monoisotopic (exact) mass is 467 g/mol. The van der Waals surface area contributed by atoms with E-state index in [1.807, 2.05) is 71.6 Å². The number of Topliss-reactive ketones (excluding diaryl/α,β-unsaturated/α-hetero) is 1. The van der Waals surface area contributed by atoms with Gasteiger partial charge in [-0.2, -0.15) is 0 Å². The zero-order valence-electron chi connectivity index (χ0n) is 19.3. The van der Waals surface area contributed by atoms with E-state index in [1.54, 1.807) is 22.7 Å². The molecule has 35 heavy (non-hydrogen) atoms. The zero-order chi connectivity index (χ0) is 24.4. The highest BCUT2D eigenvalue weighted by Gasteiger charge is 2.31. The normalized spacial score (nSPS) is 15.2. The van der Waals surface area contributed by atoms with Crippen molar-refractivity contribution < 1.29 is 19.1 Å². The Balaban J connectivity index is 1.39. The molecule has 1 aliphatic rings. The van der Waals surface area contributed by atoms with Gasteiger partial charge in [0.1, 0.15) is 11.7 Å². The number of hydrogen-bond donors (Lipinski definition) is 1. The van der Waals surface area contributed by atoms with Crippen molar-refractivity contribution in [3.63, 3.8) is 0 Å². The summed E-state index contributed by atoms with van der Waals surface area (Å²) in [5, 5.41) is 2.72. The van der Waals surface area contributed by atoms with E-state index in [4.69, 9.17) is 4.74 Å². The summed E-state index contributed by atoms with van der Waals surface area (Å²) in [6.45, 7) is 0.757. The Hall–Kier alpha value is -4.39. The molecular weight excluding hydrogens is 442 g/mol. The summed E-state index contributed by atoms with van der Waals surface area (Å²) in [5.41, 5.74) is 4.09. The predicted octanol–water partition coefficient (Wildman–Crippen LogP) is 4.57. The third kappa shape index (κ3) is 4.28. The first-order valence-electron chi connectivity index (χ1n) is 11.5. The number of pyridine rings is 1. The number of amides is 1. The first kappa shape index (κ1) is 22.4. The Morgan fingerprint density at radius 1 is 0.943 bits per heavy atom. The predicted molar refractivity (Wildman–Crippen MR) is 135 cm³/mol. The van der Waals surface area contributed by atoms with Crippen molar-refractivity contribution in [2.75, 3.05) is 23.9 Å². The number of fused-ring (bicyclic) bond motifs is 1. The van der Waals surface area contributed by atoms with Crippen LogP contribution >= 0.6 is 0 Å². The molecule has 1 saturated heterocycles. The highest BCUT2D eigenvalue weighted by molar-refractivity contribution is 6.47. The number of nitrogens with zero attached hydrogens (tertiary/aromatic N) is 2. The number of carbonyl (C=O) groups excluding carboxylic acids is 3. The van der Waals surface area contributed by atoms with Crippen molar-refractivity contribution in [2.45, 2.75) is 18.9 Å². The fourth-order valence-corrected chi connectivity index (χ4v) is 4.68. The molecule has 0 radical (unpaired) electrons. The second-order valence-corrected chi connectivity index (χ2v) is 8.47. The van der Waals surface area contributed by atoms with Crippen molar-refractivity contribution in [2.24, 2.45) is 0 Å². The number of anilines is 2. The Labute approximate surface area is 202 Å². The second kappa shape index (κ2) is 9.46. The summed E-state index contributed by atoms with van der Waals surface area (Å²) < 4.78 is 6.66. The topological polar surface area (TPSA) is 80.1 Å². The minimum atomic E-state index is -0.715. The van der Waals surface area contributed by atoms with Gasteiger partial charge in [0.15, 0.2) is 0 Å². The molecule has 3 heterocycles. The molecule has 1 atom stereocenters. The van der Waals surface area contributed by atoms with Gasteiger partial charge < -0.3 is 19.4 Å². The number of methoxy groups -OCH3 is 1. The summed E-state index contributed by atoms with van der Waals surface area (Å²) in [6.07, 6.45) is 3.43. The minimum absolute atomic E-state index is 0.251. The Kier molecular flexibility index (Phi) is 6.06. The van der Waals surface area contributed by atoms with E-state index in [9.17, 15) is 14.4 Å². The van der Waals surface area contributed by atoms with Crippen LogP contribution in [0.1, 0.15) is 23.3 Å². The van der Waals surface area contributed by atoms with Gasteiger partial charge in [0.2, 0.25) is 0 Å². The molecule has 1 fully saturated rings. The number of esters is 1. The number of nitrogens with one attached hydrogen (secondary N) is 1. The lowest BCUT2D eigenvalue weighted by atomic mass is 10.0. The van der Waals surface area contributed by atoms with Crippen molar-refractivity contribution >= 4 is 34.6 Å². The van der Waals surface area contributed by atoms with E-state index < -0.39 is 11.7 Å². The third-order valence-electron chi connectivity index (χ3n) is 6.37. The van der Waals surface area contributed by atoms with Gasteiger partial charge in [-0.05, 0) is 60.9 Å². The average molecular weight is 468 g/mol. The Morgan fingerprint density at radius 3 is 2.43 bits per heavy atom. The van der Waals surface area contributed by atoms with E-state index in [0.717, 1.165) is 36.2 Å². The molecule has 7 heteroatoms. The molecule has 0 bridgehead atoms. The number of rotatable bonds is 6. The number of hydrogen-bond acceptors (Lipinski definition) is 5. The lowest BCUT2D eigenvalue weighted by molar-refractivity contribution is -0.141. The maximum Gasteiger partial charge on any atom is 0.328 e. The first-order chi connectivity index (χ1) is 17.1. The zero-order valence-corrected chi connectivity index (χ0v) is 19.3. The Bertz CT molecular complexity index is 1390. The number of benzene rings is 2. The van der Waals surface area contributed by atoms with Crippen molar-refractivity contribution in [1.29, 1.82) is 0 Å². The van der Waals surface area contributed by atoms with Gasteiger partial charge in [0, 0.05) is 35.2 Å². The molecule has 1 unspecified atom stereocenters. The summed E-state index contributed by atoms with van der Waals surface area (Å²) in [7, 11) is 1.39. The van der Waals surface area contributed by atoms with Gasteiger partial charge in [-0.15, -0.1) is 0 Å². The van der Waals surface area contributed by atoms with Crippen LogP contribution in [0.25, 0.3) is 16.6 Å². The fourth-order valence-electron chi connectivity index (χ4n) is 4.68. The molecule has 1 aliphatic heterocycles. The van der Waals surface area contributed by atoms with Gasteiger partial charge in [0.05, 0.1) is 7.11 Å². The average Bonchev–Trinajstić information content (AvgIpc) is 3.54. The molecule has 1 amide bonds. The van der Waals surface area contributed by atoms with Crippen LogP contribution in [0.15, 0.2) is 85.1 Å². The van der Waals surface area contributed by atoms with E-state index in [1.165, 1.54) is 7.11 Å². The number of aromatic nitrogens is 1. The molecule has 1 N–H and O–H groups in total. The smallest absolute Gasteiger partial charge is 0.328 e. The number of ketones is 1. The Morgan fingerprint density at radius 2 is 1.69 bits per heavy atom. The first-order valence-corrected chi connectivity index (χ1v) is 11.5. The molecule has 2 aromatic heterocycles. The quantitative estimate of drug-likeness (QED) is 0.255. The maximum atomic E-state index is 13.4. The van der Waals surface area contributed by atoms with Crippen LogP contribution < -0.4 is 10.2 Å². The van der Waals surface area contributed by atoms with Crippen molar-refractivity contribution in [3.05, 3.63) is 90.8 Å². The summed E-state index contributed by atoms with van der Waals surface area (Å²) in [4.78, 5) is 40.4. The molecule has 0 saturated carbocycles. The van der Waals surface area contributed by atoms with E-state index in [2.05, 4.69) is 5.32 Å². The molecule has 0 aliphatic carbocycles. The van der Waals surface area contributed by atoms with Crippen LogP contribution in [0.4, 0.5) is 11.4 Å². The molecule has 0 spiro atoms. The summed E-state index contributed by atoms with van der Waals surface area (Å²) in [5.74, 6) is -1.59. The van der Waals surface area contributed by atoms with E-state index in [-0.39, 0.29) is 12.0 Å². The van der Waals surface area contributed by atoms with Crippen molar-refractivity contribution in [3.8, 4) is 11.1 Å². The lowest BCUT2D eigenvalue weighted by Gasteiger charge is -2.24. The fraction of sp³-hybridized carbons (Fsp3) is 0.179. The standard InChI is InChI=1S/C28H25N3O4/c1-35-28(34)24-11-7-17-30(24)21-14-12-20(13-15-21)29-27(33)26(32)25-23(19-8-3-2-4-9-19)18-22-10-5-6-16-31(22)25/h2-6,8-10,12-16,18,24H,7,11,17H2,1H3,(H,29,33). The molecule has 7 nitrogen and oxygen atoms in total. The van der Waals surface area contributed by atoms with Gasteiger partial charge in [-0.1, -0.05) is 36.4 Å². The van der Waals surface area contributed by atoms with Crippen LogP contribution in [-0.4, -0.2) is 41.8 Å². The SMILES string of the molecule is COC(=O)C1CCCN1c1ccc(NC(=O)C(=O)c2c(-c3ccccc3)cc3ccccn23)cc1. The van der Waals surface area contributed by atoms with Crippen LogP contribution in [0, 0.1) is 0 Å². The molecule has 4 aromatic rings. The van der Waals surface area contributed by atoms with Gasteiger partial charge in [0.25, 0.3) is 11.7 Å². The molecule has 5 rings (SSSR count). The highest BCUT2D eigenvalue weighted by atomic mass is 16.5. The molecular formula is C28H25N3O4. The van der Waals surface area contributed by atoms with Crippen molar-refractivity contribution in [1.82, 2.24) is 4.40 Å². The second-order valence-electron chi connectivity index (χ2n) is 8.47. The largest absolute Gasteiger partial charge is 0.467 e. The van der Waals surface area contributed by atoms with Crippen LogP contribution in [-0.2, 0) is 14.3 Å². The minimum Gasteiger partial charge on any atom is -0.467 e. The molecule has 176 valence electrons. The van der Waals surface area contributed by atoms with Gasteiger partial charge >= 0.3 is 5.97 Å². The van der Waals surface area contributed by atoms with E-state index >= 15 is 0 Å².